The first-order chi connectivity index (χ1) is 12.1. The van der Waals surface area contributed by atoms with Crippen molar-refractivity contribution in [3.05, 3.63) is 63.8 Å². The Morgan fingerprint density at radius 2 is 2.04 bits per heavy atom. The van der Waals surface area contributed by atoms with E-state index in [0.717, 1.165) is 5.39 Å². The highest BCUT2D eigenvalue weighted by molar-refractivity contribution is 6.31. The molecule has 0 aliphatic carbocycles. The third kappa shape index (κ3) is 2.63. The van der Waals surface area contributed by atoms with Crippen molar-refractivity contribution in [1.29, 1.82) is 5.26 Å². The van der Waals surface area contributed by atoms with Crippen LogP contribution < -0.4 is 10.6 Å². The van der Waals surface area contributed by atoms with Gasteiger partial charge in [-0.05, 0) is 36.4 Å². The molecule has 7 heteroatoms. The Bertz CT molecular complexity index is 1080. The van der Waals surface area contributed by atoms with E-state index in [-0.39, 0.29) is 5.92 Å². The zero-order valence-electron chi connectivity index (χ0n) is 13.0. The first-order valence-corrected chi connectivity index (χ1v) is 8.07. The lowest BCUT2D eigenvalue weighted by atomic mass is 10.0. The molecule has 4 rings (SSSR count). The van der Waals surface area contributed by atoms with Gasteiger partial charge in [0.05, 0.1) is 23.2 Å². The second-order valence-corrected chi connectivity index (χ2v) is 6.36. The third-order valence-corrected chi connectivity index (χ3v) is 4.50. The van der Waals surface area contributed by atoms with Gasteiger partial charge in [0.1, 0.15) is 11.6 Å². The summed E-state index contributed by atoms with van der Waals surface area (Å²) in [7, 11) is 0. The minimum atomic E-state index is -0.518. The summed E-state index contributed by atoms with van der Waals surface area (Å²) in [5, 5.41) is 10.1. The van der Waals surface area contributed by atoms with Crippen molar-refractivity contribution < 1.29 is 4.39 Å². The number of benzene rings is 2. The van der Waals surface area contributed by atoms with Gasteiger partial charge in [-0.15, -0.1) is 0 Å². The molecule has 0 atom stereocenters. The summed E-state index contributed by atoms with van der Waals surface area (Å²) in [6.45, 7) is 1.06. The molecule has 1 aromatic heterocycles. The zero-order valence-corrected chi connectivity index (χ0v) is 13.7. The first kappa shape index (κ1) is 15.6. The van der Waals surface area contributed by atoms with E-state index in [9.17, 15) is 9.18 Å². The minimum Gasteiger partial charge on any atom is -0.353 e. The van der Waals surface area contributed by atoms with E-state index >= 15 is 0 Å². The van der Waals surface area contributed by atoms with Crippen LogP contribution in [0.25, 0.3) is 16.6 Å². The maximum Gasteiger partial charge on any atom is 0.354 e. The number of nitriles is 1. The number of halogens is 2. The van der Waals surface area contributed by atoms with Crippen LogP contribution >= 0.6 is 11.6 Å². The van der Waals surface area contributed by atoms with Crippen LogP contribution in [0.3, 0.4) is 0 Å². The highest BCUT2D eigenvalue weighted by atomic mass is 35.5. The molecule has 0 saturated carbocycles. The maximum atomic E-state index is 13.6. The standard InChI is InChI=1S/C18H12ClFN4O/c19-12-4-5-15-16(6-12)24(14-3-1-2-13(20)7-14)18(25)22-17(15)23-9-11(8-21)10-23/h1-7,11H,9-10H2. The van der Waals surface area contributed by atoms with E-state index in [2.05, 4.69) is 11.1 Å². The lowest BCUT2D eigenvalue weighted by Crippen LogP contribution is -2.47. The van der Waals surface area contributed by atoms with Gasteiger partial charge in [-0.1, -0.05) is 17.7 Å². The fourth-order valence-corrected chi connectivity index (χ4v) is 3.19. The number of hydrogen-bond acceptors (Lipinski definition) is 4. The number of aromatic nitrogens is 2. The van der Waals surface area contributed by atoms with Gasteiger partial charge < -0.3 is 4.90 Å². The van der Waals surface area contributed by atoms with Crippen LogP contribution in [0, 0.1) is 23.1 Å². The molecule has 0 unspecified atom stereocenters. The van der Waals surface area contributed by atoms with E-state index in [1.54, 1.807) is 24.3 Å². The Hall–Kier alpha value is -2.91. The van der Waals surface area contributed by atoms with Crippen LogP contribution in [0.5, 0.6) is 0 Å². The molecule has 2 heterocycles. The van der Waals surface area contributed by atoms with Crippen LogP contribution in [-0.2, 0) is 0 Å². The van der Waals surface area contributed by atoms with Gasteiger partial charge >= 0.3 is 5.69 Å². The monoisotopic (exact) mass is 354 g/mol. The minimum absolute atomic E-state index is 0.0604. The highest BCUT2D eigenvalue weighted by Gasteiger charge is 2.29. The van der Waals surface area contributed by atoms with Gasteiger partial charge in [0.25, 0.3) is 0 Å². The van der Waals surface area contributed by atoms with E-state index in [4.69, 9.17) is 16.9 Å². The van der Waals surface area contributed by atoms with Crippen molar-refractivity contribution in [2.24, 2.45) is 5.92 Å². The van der Waals surface area contributed by atoms with E-state index in [1.165, 1.54) is 22.8 Å². The Morgan fingerprint density at radius 1 is 1.24 bits per heavy atom. The smallest absolute Gasteiger partial charge is 0.353 e. The first-order valence-electron chi connectivity index (χ1n) is 7.69. The Balaban J connectivity index is 1.97. The Morgan fingerprint density at radius 3 is 2.76 bits per heavy atom. The Labute approximate surface area is 147 Å². The molecule has 1 fully saturated rings. The predicted molar refractivity (Wildman–Crippen MR) is 93.6 cm³/mol. The van der Waals surface area contributed by atoms with E-state index in [1.807, 2.05) is 4.90 Å². The lowest BCUT2D eigenvalue weighted by Gasteiger charge is -2.36. The lowest BCUT2D eigenvalue weighted by molar-refractivity contribution is 0.500. The number of anilines is 1. The van der Waals surface area contributed by atoms with Gasteiger partial charge in [-0.2, -0.15) is 10.2 Å². The summed E-state index contributed by atoms with van der Waals surface area (Å²) in [6.07, 6.45) is 0. The molecule has 0 bridgehead atoms. The van der Waals surface area contributed by atoms with Crippen LogP contribution in [0.2, 0.25) is 5.02 Å². The average Bonchev–Trinajstić information content (AvgIpc) is 2.53. The molecule has 2 aromatic carbocycles. The van der Waals surface area contributed by atoms with Crippen molar-refractivity contribution in [2.45, 2.75) is 0 Å². The van der Waals surface area contributed by atoms with Gasteiger partial charge in [0.2, 0.25) is 0 Å². The number of fused-ring (bicyclic) bond motifs is 1. The van der Waals surface area contributed by atoms with Gasteiger partial charge in [-0.3, -0.25) is 4.57 Å². The summed E-state index contributed by atoms with van der Waals surface area (Å²) >= 11 is 6.12. The van der Waals surface area contributed by atoms with E-state index < -0.39 is 11.5 Å². The average molecular weight is 355 g/mol. The summed E-state index contributed by atoms with van der Waals surface area (Å²) in [5.41, 5.74) is 0.416. The Kier molecular flexibility index (Phi) is 3.66. The third-order valence-electron chi connectivity index (χ3n) is 4.26. The van der Waals surface area contributed by atoms with Gasteiger partial charge in [0.15, 0.2) is 0 Å². The predicted octanol–water partition coefficient (Wildman–Crippen LogP) is 3.14. The topological polar surface area (TPSA) is 61.9 Å². The molecule has 5 nitrogen and oxygen atoms in total. The molecule has 0 radical (unpaired) electrons. The van der Waals surface area contributed by atoms with Crippen molar-refractivity contribution in [2.75, 3.05) is 18.0 Å². The summed E-state index contributed by atoms with van der Waals surface area (Å²) < 4.78 is 15.0. The highest BCUT2D eigenvalue weighted by Crippen LogP contribution is 2.31. The van der Waals surface area contributed by atoms with Crippen LogP contribution in [0.15, 0.2) is 47.3 Å². The van der Waals surface area contributed by atoms with Crippen LogP contribution in [0.4, 0.5) is 10.2 Å². The SMILES string of the molecule is N#CC1CN(c2nc(=O)n(-c3cccc(F)c3)c3cc(Cl)ccc23)C1. The fraction of sp³-hybridized carbons (Fsp3) is 0.167. The van der Waals surface area contributed by atoms with Gasteiger partial charge in [0, 0.05) is 23.5 Å². The molecule has 0 spiro atoms. The van der Waals surface area contributed by atoms with Gasteiger partial charge in [-0.25, -0.2) is 9.18 Å². The quantitative estimate of drug-likeness (QED) is 0.709. The number of rotatable bonds is 2. The molecule has 3 aromatic rings. The zero-order chi connectivity index (χ0) is 17.6. The normalized spacial score (nSPS) is 14.4. The maximum absolute atomic E-state index is 13.6. The van der Waals surface area contributed by atoms with Crippen molar-refractivity contribution in [3.8, 4) is 11.8 Å². The molecule has 0 N–H and O–H groups in total. The molecular weight excluding hydrogens is 343 g/mol. The largest absolute Gasteiger partial charge is 0.354 e. The van der Waals surface area contributed by atoms with Crippen molar-refractivity contribution in [3.63, 3.8) is 0 Å². The van der Waals surface area contributed by atoms with Crippen molar-refractivity contribution >= 4 is 28.3 Å². The molecule has 25 heavy (non-hydrogen) atoms. The molecular formula is C18H12ClFN4O. The van der Waals surface area contributed by atoms with Crippen LogP contribution in [-0.4, -0.2) is 22.6 Å². The summed E-state index contributed by atoms with van der Waals surface area (Å²) in [6, 6.07) is 13.1. The second-order valence-electron chi connectivity index (χ2n) is 5.93. The van der Waals surface area contributed by atoms with E-state index in [0.29, 0.717) is 35.1 Å². The second kappa shape index (κ2) is 5.87. The molecule has 1 aliphatic rings. The molecule has 1 aliphatic heterocycles. The summed E-state index contributed by atoms with van der Waals surface area (Å²) in [4.78, 5) is 18.7. The molecule has 1 saturated heterocycles. The molecule has 0 amide bonds. The number of hydrogen-bond donors (Lipinski definition) is 0. The van der Waals surface area contributed by atoms with Crippen molar-refractivity contribution in [1.82, 2.24) is 9.55 Å². The van der Waals surface area contributed by atoms with Crippen LogP contribution in [0.1, 0.15) is 0 Å². The summed E-state index contributed by atoms with van der Waals surface area (Å²) in [5.74, 6) is 0.0221. The fourth-order valence-electron chi connectivity index (χ4n) is 3.02. The molecule has 124 valence electrons. The number of nitrogens with zero attached hydrogens (tertiary/aromatic N) is 4.